The molecule has 0 spiro atoms. The number of phenols is 1. The van der Waals surface area contributed by atoms with Crippen molar-refractivity contribution in [1.82, 2.24) is 4.90 Å². The molecule has 1 atom stereocenters. The summed E-state index contributed by atoms with van der Waals surface area (Å²) in [5, 5.41) is 9.70. The van der Waals surface area contributed by atoms with Crippen LogP contribution in [0, 0.1) is 0 Å². The first kappa shape index (κ1) is 16.7. The molecule has 4 rings (SSSR count). The molecule has 0 bridgehead atoms. The van der Waals surface area contributed by atoms with E-state index in [9.17, 15) is 14.7 Å². The van der Waals surface area contributed by atoms with Crippen LogP contribution in [0.4, 0.5) is 5.69 Å². The zero-order chi connectivity index (χ0) is 18.1. The lowest BCUT2D eigenvalue weighted by atomic mass is 9.83. The number of nitrogens with zero attached hydrogens (tertiary/aromatic N) is 2. The third kappa shape index (κ3) is 2.95. The van der Waals surface area contributed by atoms with Gasteiger partial charge in [-0.3, -0.25) is 14.5 Å². The highest BCUT2D eigenvalue weighted by Gasteiger charge is 2.41. The molecule has 2 aliphatic rings. The van der Waals surface area contributed by atoms with Gasteiger partial charge in [-0.25, -0.2) is 4.99 Å². The number of aromatic hydroxyl groups is 1. The van der Waals surface area contributed by atoms with Gasteiger partial charge >= 0.3 is 0 Å². The fourth-order valence-corrected chi connectivity index (χ4v) is 3.76. The lowest BCUT2D eigenvalue weighted by molar-refractivity contribution is 0.0831. The summed E-state index contributed by atoms with van der Waals surface area (Å²) in [7, 11) is 0. The van der Waals surface area contributed by atoms with Gasteiger partial charge in [-0.2, -0.15) is 0 Å². The molecule has 1 saturated heterocycles. The number of fused-ring (bicyclic) bond motifs is 1. The number of ketones is 2. The largest absolute Gasteiger partial charge is 0.508 e. The summed E-state index contributed by atoms with van der Waals surface area (Å²) in [6, 6.07) is 12.7. The van der Waals surface area contributed by atoms with Gasteiger partial charge in [-0.05, 0) is 38.1 Å². The molecular weight excluding hydrogens is 328 g/mol. The molecule has 1 unspecified atom stereocenters. The van der Waals surface area contributed by atoms with E-state index in [4.69, 9.17) is 0 Å². The van der Waals surface area contributed by atoms with Gasteiger partial charge in [0.1, 0.15) is 17.5 Å². The topological polar surface area (TPSA) is 70.0 Å². The zero-order valence-corrected chi connectivity index (χ0v) is 14.4. The second kappa shape index (κ2) is 6.84. The van der Waals surface area contributed by atoms with Gasteiger partial charge < -0.3 is 5.11 Å². The quantitative estimate of drug-likeness (QED) is 0.903. The predicted molar refractivity (Wildman–Crippen MR) is 99.5 cm³/mol. The lowest BCUT2D eigenvalue weighted by Gasteiger charge is -2.36. The molecule has 1 heterocycles. The zero-order valence-electron chi connectivity index (χ0n) is 14.4. The maximum absolute atomic E-state index is 13.2. The molecule has 1 aliphatic carbocycles. The van der Waals surface area contributed by atoms with E-state index in [0.717, 1.165) is 32.4 Å². The third-order valence-corrected chi connectivity index (χ3v) is 5.01. The Bertz CT molecular complexity index is 898. The Morgan fingerprint density at radius 2 is 1.65 bits per heavy atom. The second-order valence-corrected chi connectivity index (χ2v) is 6.76. The molecule has 0 saturated carbocycles. The highest BCUT2D eigenvalue weighted by atomic mass is 16.3. The fraction of sp³-hybridized carbons (Fsp3) is 0.286. The van der Waals surface area contributed by atoms with Crippen LogP contribution in [0.5, 0.6) is 5.75 Å². The molecular formula is C21H20N2O3. The molecule has 2 aromatic rings. The predicted octanol–water partition coefficient (Wildman–Crippen LogP) is 3.40. The molecule has 0 aromatic heterocycles. The van der Waals surface area contributed by atoms with Crippen LogP contribution in [0.3, 0.4) is 0 Å². The number of piperidine rings is 1. The molecule has 132 valence electrons. The minimum absolute atomic E-state index is 0.0685. The Kier molecular flexibility index (Phi) is 4.39. The van der Waals surface area contributed by atoms with Crippen molar-refractivity contribution in [2.45, 2.75) is 25.3 Å². The number of likely N-dealkylation sites (tertiary alicyclic amines) is 1. The van der Waals surface area contributed by atoms with Gasteiger partial charge in [0.2, 0.25) is 5.78 Å². The van der Waals surface area contributed by atoms with Crippen molar-refractivity contribution in [2.24, 2.45) is 4.99 Å². The van der Waals surface area contributed by atoms with Crippen LogP contribution in [0.25, 0.3) is 0 Å². The summed E-state index contributed by atoms with van der Waals surface area (Å²) < 4.78 is 0. The summed E-state index contributed by atoms with van der Waals surface area (Å²) in [6.07, 6.45) is 3.17. The van der Waals surface area contributed by atoms with Crippen molar-refractivity contribution in [2.75, 3.05) is 13.1 Å². The van der Waals surface area contributed by atoms with Gasteiger partial charge in [-0.15, -0.1) is 0 Å². The van der Waals surface area contributed by atoms with Crippen LogP contribution in [-0.2, 0) is 0 Å². The Morgan fingerprint density at radius 3 is 2.38 bits per heavy atom. The monoisotopic (exact) mass is 348 g/mol. The number of Topliss-reactive ketones (excluding diaryl/α,β-unsaturated/α-hetero) is 2. The summed E-state index contributed by atoms with van der Waals surface area (Å²) >= 11 is 0. The second-order valence-electron chi connectivity index (χ2n) is 6.76. The van der Waals surface area contributed by atoms with Crippen LogP contribution in [0.1, 0.15) is 40.0 Å². The minimum Gasteiger partial charge on any atom is -0.508 e. The molecule has 1 fully saturated rings. The van der Waals surface area contributed by atoms with Gasteiger partial charge in [0, 0.05) is 17.2 Å². The number of hydrogen-bond acceptors (Lipinski definition) is 5. The minimum atomic E-state index is -0.653. The van der Waals surface area contributed by atoms with Gasteiger partial charge in [0.05, 0.1) is 5.69 Å². The summed E-state index contributed by atoms with van der Waals surface area (Å²) in [6.45, 7) is 1.57. The Labute approximate surface area is 152 Å². The fourth-order valence-electron chi connectivity index (χ4n) is 3.76. The molecule has 5 nitrogen and oxygen atoms in total. The average molecular weight is 348 g/mol. The van der Waals surface area contributed by atoms with Gasteiger partial charge in [-0.1, -0.05) is 36.8 Å². The smallest absolute Gasteiger partial charge is 0.210 e. The third-order valence-electron chi connectivity index (χ3n) is 5.01. The van der Waals surface area contributed by atoms with Crippen LogP contribution < -0.4 is 0 Å². The van der Waals surface area contributed by atoms with E-state index >= 15 is 0 Å². The standard InChI is InChI=1S/C21H20N2O3/c24-15-8-6-7-14(13-15)22-18-19(23-11-4-1-5-12-23)21(26)17-10-3-2-9-16(17)20(18)25/h2-3,6-10,13,19,24H,1,4-5,11-12H2. The molecule has 26 heavy (non-hydrogen) atoms. The number of carbonyl (C=O) groups is 2. The van der Waals surface area contributed by atoms with Gasteiger partial charge in [0.25, 0.3) is 0 Å². The lowest BCUT2D eigenvalue weighted by Crippen LogP contribution is -2.54. The van der Waals surface area contributed by atoms with Crippen molar-refractivity contribution < 1.29 is 14.7 Å². The van der Waals surface area contributed by atoms with E-state index < -0.39 is 6.04 Å². The first-order chi connectivity index (χ1) is 12.6. The Morgan fingerprint density at radius 1 is 0.923 bits per heavy atom. The number of rotatable bonds is 2. The normalized spacial score (nSPS) is 22.5. The molecule has 0 radical (unpaired) electrons. The number of phenolic OH excluding ortho intramolecular Hbond substituents is 1. The maximum Gasteiger partial charge on any atom is 0.210 e. The van der Waals surface area contributed by atoms with Crippen LogP contribution >= 0.6 is 0 Å². The number of hydrogen-bond donors (Lipinski definition) is 1. The Hall–Kier alpha value is -2.79. The summed E-state index contributed by atoms with van der Waals surface area (Å²) in [5.41, 5.74) is 1.61. The molecule has 0 amide bonds. The van der Waals surface area contributed by atoms with E-state index in [1.807, 2.05) is 0 Å². The van der Waals surface area contributed by atoms with E-state index in [1.54, 1.807) is 42.5 Å². The highest BCUT2D eigenvalue weighted by Crippen LogP contribution is 2.28. The molecule has 2 aromatic carbocycles. The molecule has 1 aliphatic heterocycles. The SMILES string of the molecule is O=C1C(=Nc2cccc(O)c2)C(N2CCCCC2)C(=O)c2ccccc21. The van der Waals surface area contributed by atoms with Crippen molar-refractivity contribution in [3.63, 3.8) is 0 Å². The van der Waals surface area contributed by atoms with Crippen molar-refractivity contribution in [3.8, 4) is 5.75 Å². The van der Waals surface area contributed by atoms with Crippen LogP contribution in [0.2, 0.25) is 0 Å². The van der Waals surface area contributed by atoms with E-state index in [-0.39, 0.29) is 23.0 Å². The first-order valence-corrected chi connectivity index (χ1v) is 8.95. The Balaban J connectivity index is 1.84. The first-order valence-electron chi connectivity index (χ1n) is 8.95. The van der Waals surface area contributed by atoms with Crippen molar-refractivity contribution in [3.05, 3.63) is 59.7 Å². The molecule has 5 heteroatoms. The highest BCUT2D eigenvalue weighted by molar-refractivity contribution is 6.55. The summed E-state index contributed by atoms with van der Waals surface area (Å²) in [4.78, 5) is 32.9. The number of aliphatic imine (C=N–C) groups is 1. The molecule has 1 N–H and O–H groups in total. The number of carbonyl (C=O) groups excluding carboxylic acids is 2. The number of benzene rings is 2. The van der Waals surface area contributed by atoms with Crippen LogP contribution in [-0.4, -0.2) is 46.4 Å². The van der Waals surface area contributed by atoms with E-state index in [2.05, 4.69) is 9.89 Å². The van der Waals surface area contributed by atoms with Crippen LogP contribution in [0.15, 0.2) is 53.5 Å². The van der Waals surface area contributed by atoms with Gasteiger partial charge in [0.15, 0.2) is 5.78 Å². The maximum atomic E-state index is 13.2. The van der Waals surface area contributed by atoms with E-state index in [0.29, 0.717) is 16.8 Å². The summed E-state index contributed by atoms with van der Waals surface area (Å²) in [5.74, 6) is -0.198. The van der Waals surface area contributed by atoms with Crippen molar-refractivity contribution >= 4 is 23.0 Å². The average Bonchev–Trinajstić information content (AvgIpc) is 2.67. The van der Waals surface area contributed by atoms with Crippen molar-refractivity contribution in [1.29, 1.82) is 0 Å². The van der Waals surface area contributed by atoms with E-state index in [1.165, 1.54) is 6.07 Å².